The molecule has 1 aliphatic carbocycles. The second kappa shape index (κ2) is 11.5. The van der Waals surface area contributed by atoms with Crippen molar-refractivity contribution in [2.45, 2.75) is 49.0 Å². The Labute approximate surface area is 232 Å². The van der Waals surface area contributed by atoms with E-state index in [0.717, 1.165) is 29.7 Å². The van der Waals surface area contributed by atoms with E-state index in [4.69, 9.17) is 0 Å². The van der Waals surface area contributed by atoms with Crippen LogP contribution in [0.4, 0.5) is 17.1 Å². The van der Waals surface area contributed by atoms with E-state index < -0.39 is 32.6 Å². The summed E-state index contributed by atoms with van der Waals surface area (Å²) in [6.45, 7) is 0. The predicted octanol–water partition coefficient (Wildman–Crippen LogP) is 4.42. The maximum Gasteiger partial charge on any atom is 0.303 e. The first kappa shape index (κ1) is 27.3. The minimum atomic E-state index is -3.70. The number of carboxylic acid groups (broad SMARTS) is 1. The average Bonchev–Trinajstić information content (AvgIpc) is 3.78. The number of hydrogen-bond acceptors (Lipinski definition) is 7. The molecule has 0 bridgehead atoms. The van der Waals surface area contributed by atoms with Crippen LogP contribution in [0.15, 0.2) is 93.3 Å². The molecule has 1 atom stereocenters. The zero-order chi connectivity index (χ0) is 28.3. The largest absolute Gasteiger partial charge is 0.481 e. The Hall–Kier alpha value is -4.24. The van der Waals surface area contributed by atoms with Gasteiger partial charge in [-0.2, -0.15) is 0 Å². The molecule has 1 fully saturated rings. The van der Waals surface area contributed by atoms with Crippen LogP contribution < -0.4 is 21.5 Å². The Morgan fingerprint density at radius 2 is 1.52 bits per heavy atom. The second-order valence-corrected chi connectivity index (χ2v) is 12.3. The monoisotopic (exact) mass is 558 g/mol. The summed E-state index contributed by atoms with van der Waals surface area (Å²) in [6.07, 6.45) is 3.09. The quantitative estimate of drug-likeness (QED) is 0.206. The molecule has 8 nitrogen and oxygen atoms in total. The number of sulfone groups is 1. The number of carbonyl (C=O) groups is 1. The third-order valence-corrected chi connectivity index (χ3v) is 8.96. The summed E-state index contributed by atoms with van der Waals surface area (Å²) < 4.78 is 26.2. The summed E-state index contributed by atoms with van der Waals surface area (Å²) >= 11 is 0. The first-order valence-corrected chi connectivity index (χ1v) is 14.9. The van der Waals surface area contributed by atoms with Gasteiger partial charge in [0.15, 0.2) is 9.84 Å². The van der Waals surface area contributed by atoms with Gasteiger partial charge in [-0.25, -0.2) is 8.42 Å². The van der Waals surface area contributed by atoms with E-state index >= 15 is 0 Å². The Kier molecular flexibility index (Phi) is 7.84. The number of carboxylic acids is 1. The van der Waals surface area contributed by atoms with E-state index in [1.54, 1.807) is 54.6 Å². The van der Waals surface area contributed by atoms with Crippen LogP contribution in [0.5, 0.6) is 0 Å². The molecule has 0 aliphatic heterocycles. The fourth-order valence-corrected chi connectivity index (χ4v) is 6.33. The Bertz CT molecular complexity index is 1690. The van der Waals surface area contributed by atoms with Crippen molar-refractivity contribution in [3.8, 4) is 0 Å². The van der Waals surface area contributed by atoms with E-state index in [1.807, 2.05) is 24.3 Å². The van der Waals surface area contributed by atoms with Gasteiger partial charge < -0.3 is 15.7 Å². The third kappa shape index (κ3) is 6.48. The average molecular weight is 559 g/mol. The fraction of sp³-hybridized carbons (Fsp3) is 0.258. The number of hydrogen-bond donors (Lipinski definition) is 3. The Morgan fingerprint density at radius 3 is 2.20 bits per heavy atom. The van der Waals surface area contributed by atoms with Crippen molar-refractivity contribution >= 4 is 32.9 Å². The smallest absolute Gasteiger partial charge is 0.303 e. The molecule has 0 heterocycles. The summed E-state index contributed by atoms with van der Waals surface area (Å²) in [5, 5.41) is 15.5. The summed E-state index contributed by atoms with van der Waals surface area (Å²) in [5.74, 6) is -1.97. The number of aryl methyl sites for hydroxylation is 2. The number of aliphatic carboxylic acids is 1. The molecule has 40 heavy (non-hydrogen) atoms. The van der Waals surface area contributed by atoms with Crippen LogP contribution in [0, 0.1) is 0 Å². The molecule has 4 aromatic carbocycles. The van der Waals surface area contributed by atoms with Gasteiger partial charge in [0, 0.05) is 17.6 Å². The lowest BCUT2D eigenvalue weighted by Gasteiger charge is -2.16. The summed E-state index contributed by atoms with van der Waals surface area (Å²) in [5.41, 5.74) is 3.07. The molecule has 4 aromatic rings. The highest BCUT2D eigenvalue weighted by Crippen LogP contribution is 2.29. The molecular weight excluding hydrogens is 528 g/mol. The highest BCUT2D eigenvalue weighted by atomic mass is 32.2. The summed E-state index contributed by atoms with van der Waals surface area (Å²) in [4.78, 5) is 35.5. The van der Waals surface area contributed by atoms with Gasteiger partial charge in [0.2, 0.25) is 0 Å². The first-order chi connectivity index (χ1) is 19.2. The highest BCUT2D eigenvalue weighted by Gasteiger charge is 2.28. The van der Waals surface area contributed by atoms with Crippen LogP contribution in [0.25, 0.3) is 0 Å². The Balaban J connectivity index is 1.21. The van der Waals surface area contributed by atoms with Crippen molar-refractivity contribution in [3.05, 3.63) is 116 Å². The van der Waals surface area contributed by atoms with Gasteiger partial charge >= 0.3 is 5.97 Å². The SMILES string of the molecule is O=C(O)CC(CS(=O)(=O)c1ccc(CCc2cccc(Nc3c(NC4CC4)c(=O)c3=O)c2)cc1)c1ccccc1. The van der Waals surface area contributed by atoms with Crippen molar-refractivity contribution in [1.29, 1.82) is 0 Å². The molecule has 0 aromatic heterocycles. The molecule has 0 spiro atoms. The van der Waals surface area contributed by atoms with Gasteiger partial charge in [0.05, 0.1) is 17.1 Å². The topological polar surface area (TPSA) is 130 Å². The maximum atomic E-state index is 13.1. The molecule has 206 valence electrons. The lowest BCUT2D eigenvalue weighted by molar-refractivity contribution is -0.137. The van der Waals surface area contributed by atoms with Crippen LogP contribution in [0.3, 0.4) is 0 Å². The zero-order valence-electron chi connectivity index (χ0n) is 21.8. The lowest BCUT2D eigenvalue weighted by atomic mass is 9.98. The van der Waals surface area contributed by atoms with Crippen LogP contribution in [0.1, 0.15) is 41.9 Å². The zero-order valence-corrected chi connectivity index (χ0v) is 22.6. The molecule has 0 radical (unpaired) electrons. The molecular formula is C31H30N2O6S. The van der Waals surface area contributed by atoms with Crippen LogP contribution in [-0.4, -0.2) is 31.3 Å². The van der Waals surface area contributed by atoms with E-state index in [1.165, 1.54) is 0 Å². The molecule has 5 rings (SSSR count). The van der Waals surface area contributed by atoms with E-state index in [9.17, 15) is 27.9 Å². The van der Waals surface area contributed by atoms with Crippen molar-refractivity contribution < 1.29 is 18.3 Å². The standard InChI is InChI=1S/C31H30N2O6S/c34-27(35)18-23(22-6-2-1-3-7-22)19-40(38,39)26-15-11-20(12-16-26)9-10-21-5-4-8-25(17-21)33-29-28(30(36)31(29)37)32-24-13-14-24/h1-8,11-12,15-17,23-24,32-33H,9-10,13-14,18-19H2,(H,34,35). The predicted molar refractivity (Wildman–Crippen MR) is 155 cm³/mol. The molecule has 9 heteroatoms. The van der Waals surface area contributed by atoms with Gasteiger partial charge in [0.1, 0.15) is 11.4 Å². The first-order valence-electron chi connectivity index (χ1n) is 13.2. The highest BCUT2D eigenvalue weighted by molar-refractivity contribution is 7.91. The van der Waals surface area contributed by atoms with Crippen molar-refractivity contribution in [3.63, 3.8) is 0 Å². The van der Waals surface area contributed by atoms with Crippen molar-refractivity contribution in [2.75, 3.05) is 16.4 Å². The molecule has 0 saturated heterocycles. The number of nitrogens with one attached hydrogen (secondary N) is 2. The lowest BCUT2D eigenvalue weighted by Crippen LogP contribution is -2.37. The van der Waals surface area contributed by atoms with E-state index in [0.29, 0.717) is 29.8 Å². The molecule has 1 aliphatic rings. The number of rotatable bonds is 13. The summed E-state index contributed by atoms with van der Waals surface area (Å²) in [6, 6.07) is 23.5. The third-order valence-electron chi connectivity index (χ3n) is 7.13. The van der Waals surface area contributed by atoms with Gasteiger partial charge in [-0.1, -0.05) is 54.6 Å². The summed E-state index contributed by atoms with van der Waals surface area (Å²) in [7, 11) is -3.70. The number of benzene rings is 3. The van der Waals surface area contributed by atoms with E-state index in [-0.39, 0.29) is 23.1 Å². The Morgan fingerprint density at radius 1 is 0.850 bits per heavy atom. The van der Waals surface area contributed by atoms with Crippen LogP contribution in [-0.2, 0) is 27.5 Å². The van der Waals surface area contributed by atoms with Crippen LogP contribution in [0.2, 0.25) is 0 Å². The second-order valence-electron chi connectivity index (χ2n) is 10.3. The minimum absolute atomic E-state index is 0.164. The number of anilines is 3. The van der Waals surface area contributed by atoms with Crippen molar-refractivity contribution in [1.82, 2.24) is 0 Å². The normalized spacial score (nSPS) is 14.1. The van der Waals surface area contributed by atoms with Gasteiger partial charge in [-0.15, -0.1) is 0 Å². The fourth-order valence-electron chi connectivity index (χ4n) is 4.75. The molecule has 3 N–H and O–H groups in total. The molecule has 0 amide bonds. The maximum absolute atomic E-state index is 13.1. The van der Waals surface area contributed by atoms with E-state index in [2.05, 4.69) is 10.6 Å². The van der Waals surface area contributed by atoms with Crippen molar-refractivity contribution in [2.24, 2.45) is 0 Å². The van der Waals surface area contributed by atoms with Gasteiger partial charge in [-0.05, 0) is 66.6 Å². The van der Waals surface area contributed by atoms with Gasteiger partial charge in [-0.3, -0.25) is 14.4 Å². The minimum Gasteiger partial charge on any atom is -0.481 e. The van der Waals surface area contributed by atoms with Gasteiger partial charge in [0.25, 0.3) is 10.9 Å². The van der Waals surface area contributed by atoms with Crippen LogP contribution >= 0.6 is 0 Å². The molecule has 1 saturated carbocycles. The molecule has 1 unspecified atom stereocenters.